The normalized spacial score (nSPS) is 15.2. The zero-order valence-corrected chi connectivity index (χ0v) is 19.5. The molecular weight excluding hydrogens is 452 g/mol. The van der Waals surface area contributed by atoms with Crippen LogP contribution in [0.2, 0.25) is 0 Å². The number of hydrogen-bond donors (Lipinski definition) is 2. The maximum absolute atomic E-state index is 6.16. The summed E-state index contributed by atoms with van der Waals surface area (Å²) in [6, 6.07) is 13.9. The van der Waals surface area contributed by atoms with Crippen LogP contribution in [0.3, 0.4) is 0 Å². The number of furan rings is 1. The van der Waals surface area contributed by atoms with Crippen LogP contribution in [-0.4, -0.2) is 60.0 Å². The van der Waals surface area contributed by atoms with Crippen LogP contribution in [0.15, 0.2) is 46.9 Å². The maximum Gasteiger partial charge on any atom is 0.231 e. The van der Waals surface area contributed by atoms with Crippen LogP contribution < -0.4 is 25.0 Å². The first kappa shape index (κ1) is 20.8. The van der Waals surface area contributed by atoms with Crippen LogP contribution in [0.5, 0.6) is 11.5 Å². The van der Waals surface area contributed by atoms with E-state index in [-0.39, 0.29) is 6.79 Å². The van der Waals surface area contributed by atoms with Crippen molar-refractivity contribution in [3.8, 4) is 11.5 Å². The van der Waals surface area contributed by atoms with Gasteiger partial charge in [0.2, 0.25) is 12.7 Å². The van der Waals surface area contributed by atoms with Crippen molar-refractivity contribution in [1.29, 1.82) is 0 Å². The zero-order chi connectivity index (χ0) is 23.1. The molecule has 0 amide bonds. The molecule has 4 heterocycles. The summed E-state index contributed by atoms with van der Waals surface area (Å²) in [6.45, 7) is 4.03. The van der Waals surface area contributed by atoms with Gasteiger partial charge in [0.15, 0.2) is 28.0 Å². The van der Waals surface area contributed by atoms with E-state index < -0.39 is 0 Å². The van der Waals surface area contributed by atoms with Crippen LogP contribution in [0.1, 0.15) is 5.56 Å². The number of nitrogens with zero attached hydrogens (tertiary/aromatic N) is 4. The largest absolute Gasteiger partial charge is 0.454 e. The standard InChI is InChI=1S/C24H24N6O3S/c1-25-23-27-20-16-4-2-3-5-17(16)33-21(20)22(28-23)29-8-10-30(11-9-29)24(34)26-13-15-6-7-18-19(12-15)32-14-31-18/h2-7,12H,8-11,13-14H2,1H3,(H,26,34)(H,25,27,28). The summed E-state index contributed by atoms with van der Waals surface area (Å²) in [5, 5.41) is 8.18. The third kappa shape index (κ3) is 3.69. The summed E-state index contributed by atoms with van der Waals surface area (Å²) in [4.78, 5) is 13.8. The number of para-hydroxylation sites is 1. The second kappa shape index (κ2) is 8.53. The van der Waals surface area contributed by atoms with E-state index in [1.165, 1.54) is 0 Å². The van der Waals surface area contributed by atoms with Gasteiger partial charge in [-0.05, 0) is 42.0 Å². The molecule has 4 aromatic rings. The Morgan fingerprint density at radius 1 is 1.03 bits per heavy atom. The van der Waals surface area contributed by atoms with E-state index in [1.54, 1.807) is 0 Å². The maximum atomic E-state index is 6.16. The lowest BCUT2D eigenvalue weighted by Gasteiger charge is -2.36. The van der Waals surface area contributed by atoms with Gasteiger partial charge in [-0.2, -0.15) is 4.98 Å². The predicted molar refractivity (Wildman–Crippen MR) is 135 cm³/mol. The minimum atomic E-state index is 0.275. The van der Waals surface area contributed by atoms with Gasteiger partial charge in [-0.25, -0.2) is 4.98 Å². The predicted octanol–water partition coefficient (Wildman–Crippen LogP) is 3.34. The highest BCUT2D eigenvalue weighted by Crippen LogP contribution is 2.34. The molecule has 10 heteroatoms. The van der Waals surface area contributed by atoms with E-state index in [9.17, 15) is 0 Å². The van der Waals surface area contributed by atoms with E-state index in [1.807, 2.05) is 49.5 Å². The Labute approximate surface area is 201 Å². The zero-order valence-electron chi connectivity index (χ0n) is 18.7. The molecule has 2 aliphatic heterocycles. The minimum absolute atomic E-state index is 0.275. The fourth-order valence-corrected chi connectivity index (χ4v) is 4.62. The van der Waals surface area contributed by atoms with Crippen LogP contribution in [0.25, 0.3) is 22.1 Å². The molecule has 0 spiro atoms. The van der Waals surface area contributed by atoms with Crippen molar-refractivity contribution in [2.24, 2.45) is 0 Å². The fraction of sp³-hybridized carbons (Fsp3) is 0.292. The molecule has 0 radical (unpaired) electrons. The lowest BCUT2D eigenvalue weighted by molar-refractivity contribution is 0.174. The van der Waals surface area contributed by atoms with Gasteiger partial charge in [0.1, 0.15) is 11.1 Å². The molecular formula is C24H24N6O3S. The number of benzene rings is 2. The van der Waals surface area contributed by atoms with Crippen molar-refractivity contribution in [3.63, 3.8) is 0 Å². The third-order valence-electron chi connectivity index (χ3n) is 6.17. The summed E-state index contributed by atoms with van der Waals surface area (Å²) in [6.07, 6.45) is 0. The molecule has 0 atom stereocenters. The topological polar surface area (TPSA) is 87.9 Å². The number of thiocarbonyl (C=S) groups is 1. The number of anilines is 2. The van der Waals surface area contributed by atoms with E-state index in [2.05, 4.69) is 25.4 Å². The number of piperazine rings is 1. The SMILES string of the molecule is CNc1nc(N2CCN(C(=S)NCc3ccc4c(c3)OCO4)CC2)c2oc3ccccc3c2n1. The van der Waals surface area contributed by atoms with Crippen molar-refractivity contribution in [2.75, 3.05) is 50.2 Å². The Bertz CT molecular complexity index is 1380. The Morgan fingerprint density at radius 3 is 2.71 bits per heavy atom. The first-order chi connectivity index (χ1) is 16.7. The molecule has 0 aliphatic carbocycles. The number of aromatic nitrogens is 2. The lowest BCUT2D eigenvalue weighted by Crippen LogP contribution is -2.51. The molecule has 1 fully saturated rings. The molecule has 2 N–H and O–H groups in total. The number of rotatable bonds is 4. The molecule has 2 aliphatic rings. The van der Waals surface area contributed by atoms with Crippen LogP contribution in [0.4, 0.5) is 11.8 Å². The molecule has 2 aromatic heterocycles. The fourth-order valence-electron chi connectivity index (χ4n) is 4.36. The van der Waals surface area contributed by atoms with Crippen LogP contribution >= 0.6 is 12.2 Å². The van der Waals surface area contributed by atoms with Crippen molar-refractivity contribution >= 4 is 51.2 Å². The van der Waals surface area contributed by atoms with Gasteiger partial charge in [0.25, 0.3) is 0 Å². The number of ether oxygens (including phenoxy) is 2. The summed E-state index contributed by atoms with van der Waals surface area (Å²) in [7, 11) is 1.83. The smallest absolute Gasteiger partial charge is 0.231 e. The van der Waals surface area contributed by atoms with Gasteiger partial charge in [0.05, 0.1) is 0 Å². The summed E-state index contributed by atoms with van der Waals surface area (Å²) in [5.74, 6) is 2.95. The highest BCUT2D eigenvalue weighted by atomic mass is 32.1. The molecule has 1 saturated heterocycles. The summed E-state index contributed by atoms with van der Waals surface area (Å²) in [5.41, 5.74) is 3.46. The first-order valence-electron chi connectivity index (χ1n) is 11.2. The highest BCUT2D eigenvalue weighted by Gasteiger charge is 2.25. The van der Waals surface area contributed by atoms with Gasteiger partial charge in [0, 0.05) is 45.2 Å². The molecule has 0 saturated carbocycles. The Hall–Kier alpha value is -3.79. The van der Waals surface area contributed by atoms with Crippen molar-refractivity contribution in [2.45, 2.75) is 6.54 Å². The van der Waals surface area contributed by atoms with E-state index in [0.717, 1.165) is 76.2 Å². The van der Waals surface area contributed by atoms with E-state index >= 15 is 0 Å². The number of fused-ring (bicyclic) bond motifs is 4. The second-order valence-corrected chi connectivity index (χ2v) is 8.60. The van der Waals surface area contributed by atoms with Gasteiger partial charge < -0.3 is 34.3 Å². The molecule has 174 valence electrons. The van der Waals surface area contributed by atoms with Gasteiger partial charge in [-0.1, -0.05) is 18.2 Å². The van der Waals surface area contributed by atoms with Crippen molar-refractivity contribution < 1.29 is 13.9 Å². The average molecular weight is 477 g/mol. The Morgan fingerprint density at radius 2 is 1.85 bits per heavy atom. The van der Waals surface area contributed by atoms with E-state index in [4.69, 9.17) is 31.1 Å². The summed E-state index contributed by atoms with van der Waals surface area (Å²) < 4.78 is 17.0. The number of hydrogen-bond acceptors (Lipinski definition) is 8. The molecule has 2 aromatic carbocycles. The Balaban J connectivity index is 1.15. The van der Waals surface area contributed by atoms with Crippen LogP contribution in [-0.2, 0) is 6.54 Å². The quantitative estimate of drug-likeness (QED) is 0.428. The lowest BCUT2D eigenvalue weighted by atomic mass is 10.2. The minimum Gasteiger partial charge on any atom is -0.454 e. The second-order valence-electron chi connectivity index (χ2n) is 8.22. The van der Waals surface area contributed by atoms with Gasteiger partial charge in [-0.3, -0.25) is 0 Å². The average Bonchev–Trinajstić information content (AvgIpc) is 3.51. The highest BCUT2D eigenvalue weighted by molar-refractivity contribution is 7.80. The molecule has 0 bridgehead atoms. The molecule has 34 heavy (non-hydrogen) atoms. The molecule has 9 nitrogen and oxygen atoms in total. The van der Waals surface area contributed by atoms with Crippen LogP contribution in [0, 0.1) is 0 Å². The third-order valence-corrected chi connectivity index (χ3v) is 6.58. The summed E-state index contributed by atoms with van der Waals surface area (Å²) >= 11 is 5.67. The van der Waals surface area contributed by atoms with Gasteiger partial charge in [-0.15, -0.1) is 0 Å². The molecule has 6 rings (SSSR count). The number of nitrogens with one attached hydrogen (secondary N) is 2. The van der Waals surface area contributed by atoms with Crippen molar-refractivity contribution in [3.05, 3.63) is 48.0 Å². The molecule has 0 unspecified atom stereocenters. The first-order valence-corrected chi connectivity index (χ1v) is 11.6. The Kier molecular flexibility index (Phi) is 5.21. The van der Waals surface area contributed by atoms with Gasteiger partial charge >= 0.3 is 0 Å². The van der Waals surface area contributed by atoms with E-state index in [0.29, 0.717) is 12.5 Å². The van der Waals surface area contributed by atoms with Crippen molar-refractivity contribution in [1.82, 2.24) is 20.2 Å². The monoisotopic (exact) mass is 476 g/mol.